The summed E-state index contributed by atoms with van der Waals surface area (Å²) in [5, 5.41) is 21.3. The van der Waals surface area contributed by atoms with Crippen LogP contribution < -0.4 is 16.0 Å². The van der Waals surface area contributed by atoms with Crippen LogP contribution in [-0.2, 0) is 0 Å². The molecule has 28 heavy (non-hydrogen) atoms. The standard InChI is InChI=1S/C18H14N4O6/c1-28-15-9-12(22(26)27)7-8-14(15)19-10-13-16(23)20-18(25)21(17(13)24)11-5-3-2-4-6-11/h2-10,24H,1H3,(H,20,23,25). The molecule has 0 radical (unpaired) electrons. The van der Waals surface area contributed by atoms with E-state index >= 15 is 0 Å². The van der Waals surface area contributed by atoms with Crippen LogP contribution in [0.4, 0.5) is 11.4 Å². The van der Waals surface area contributed by atoms with Crippen LogP contribution in [0, 0.1) is 10.1 Å². The first-order valence-electron chi connectivity index (χ1n) is 7.92. The van der Waals surface area contributed by atoms with E-state index in [1.54, 1.807) is 30.3 Å². The van der Waals surface area contributed by atoms with Gasteiger partial charge in [-0.05, 0) is 18.2 Å². The van der Waals surface area contributed by atoms with E-state index in [0.29, 0.717) is 5.69 Å². The Balaban J connectivity index is 2.10. The van der Waals surface area contributed by atoms with Gasteiger partial charge >= 0.3 is 5.69 Å². The molecule has 0 saturated carbocycles. The molecule has 10 heteroatoms. The average molecular weight is 382 g/mol. The normalized spacial score (nSPS) is 10.9. The number of benzene rings is 2. The molecule has 0 aliphatic rings. The maximum atomic E-state index is 12.1. The summed E-state index contributed by atoms with van der Waals surface area (Å²) in [5.74, 6) is -0.484. The Morgan fingerprint density at radius 2 is 1.93 bits per heavy atom. The van der Waals surface area contributed by atoms with E-state index in [4.69, 9.17) is 4.74 Å². The second-order valence-electron chi connectivity index (χ2n) is 5.54. The zero-order chi connectivity index (χ0) is 20.3. The van der Waals surface area contributed by atoms with E-state index in [-0.39, 0.29) is 22.7 Å². The van der Waals surface area contributed by atoms with Crippen molar-refractivity contribution in [1.82, 2.24) is 9.55 Å². The molecule has 0 amide bonds. The van der Waals surface area contributed by atoms with Crippen LogP contribution in [0.5, 0.6) is 11.6 Å². The number of aliphatic imine (C=N–C) groups is 1. The molecule has 142 valence electrons. The molecule has 0 fully saturated rings. The minimum atomic E-state index is -0.834. The van der Waals surface area contributed by atoms with Crippen molar-refractivity contribution in [3.05, 3.63) is 85.0 Å². The Bertz CT molecular complexity index is 1180. The summed E-state index contributed by atoms with van der Waals surface area (Å²) in [4.78, 5) is 40.7. The van der Waals surface area contributed by atoms with Crippen LogP contribution in [0.1, 0.15) is 5.56 Å². The van der Waals surface area contributed by atoms with Gasteiger partial charge in [0, 0.05) is 12.3 Å². The predicted octanol–water partition coefficient (Wildman–Crippen LogP) is 1.90. The minimum Gasteiger partial charge on any atom is -0.494 e. The van der Waals surface area contributed by atoms with Gasteiger partial charge in [-0.1, -0.05) is 18.2 Å². The number of aromatic amines is 1. The van der Waals surface area contributed by atoms with Gasteiger partial charge in [0.1, 0.15) is 11.3 Å². The van der Waals surface area contributed by atoms with Gasteiger partial charge in [-0.3, -0.25) is 24.9 Å². The number of H-pyrrole nitrogens is 1. The van der Waals surface area contributed by atoms with Crippen molar-refractivity contribution in [2.45, 2.75) is 0 Å². The number of aromatic hydroxyl groups is 1. The number of nitrogens with one attached hydrogen (secondary N) is 1. The number of hydrogen-bond acceptors (Lipinski definition) is 7. The minimum absolute atomic E-state index is 0.109. The summed E-state index contributed by atoms with van der Waals surface area (Å²) in [6, 6.07) is 12.0. The lowest BCUT2D eigenvalue weighted by molar-refractivity contribution is -0.384. The number of aromatic nitrogens is 2. The van der Waals surface area contributed by atoms with E-state index in [1.807, 2.05) is 0 Å². The Morgan fingerprint density at radius 1 is 1.21 bits per heavy atom. The molecule has 10 nitrogen and oxygen atoms in total. The third-order valence-electron chi connectivity index (χ3n) is 3.84. The zero-order valence-electron chi connectivity index (χ0n) is 14.5. The molecular weight excluding hydrogens is 368 g/mol. The van der Waals surface area contributed by atoms with Crippen LogP contribution in [0.3, 0.4) is 0 Å². The van der Waals surface area contributed by atoms with Gasteiger partial charge in [-0.25, -0.2) is 9.36 Å². The number of nitrogens with zero attached hydrogens (tertiary/aromatic N) is 3. The molecule has 1 heterocycles. The van der Waals surface area contributed by atoms with Crippen molar-refractivity contribution < 1.29 is 14.8 Å². The molecule has 0 bridgehead atoms. The number of hydrogen-bond donors (Lipinski definition) is 2. The Labute approximate surface area is 157 Å². The molecule has 0 spiro atoms. The first-order valence-corrected chi connectivity index (χ1v) is 7.92. The molecular formula is C18H14N4O6. The van der Waals surface area contributed by atoms with E-state index in [1.165, 1.54) is 25.3 Å². The molecule has 3 aromatic rings. The fourth-order valence-electron chi connectivity index (χ4n) is 2.49. The lowest BCUT2D eigenvalue weighted by Gasteiger charge is -2.09. The highest BCUT2D eigenvalue weighted by atomic mass is 16.6. The number of para-hydroxylation sites is 1. The van der Waals surface area contributed by atoms with Gasteiger partial charge in [0.05, 0.1) is 23.8 Å². The van der Waals surface area contributed by atoms with Gasteiger partial charge < -0.3 is 9.84 Å². The molecule has 1 aromatic heterocycles. The molecule has 2 aromatic carbocycles. The summed E-state index contributed by atoms with van der Waals surface area (Å²) in [7, 11) is 1.32. The number of nitro benzene ring substituents is 1. The monoisotopic (exact) mass is 382 g/mol. The smallest absolute Gasteiger partial charge is 0.335 e. The fraction of sp³-hybridized carbons (Fsp3) is 0.0556. The largest absolute Gasteiger partial charge is 0.494 e. The van der Waals surface area contributed by atoms with Gasteiger partial charge in [0.2, 0.25) is 5.88 Å². The van der Waals surface area contributed by atoms with Crippen LogP contribution in [0.2, 0.25) is 0 Å². The fourth-order valence-corrected chi connectivity index (χ4v) is 2.49. The number of methoxy groups -OCH3 is 1. The Hall–Kier alpha value is -4.21. The summed E-state index contributed by atoms with van der Waals surface area (Å²) in [6.45, 7) is 0. The van der Waals surface area contributed by atoms with Gasteiger partial charge in [-0.2, -0.15) is 0 Å². The van der Waals surface area contributed by atoms with E-state index in [2.05, 4.69) is 9.98 Å². The lowest BCUT2D eigenvalue weighted by Crippen LogP contribution is -2.31. The maximum absolute atomic E-state index is 12.1. The molecule has 0 aliphatic carbocycles. The van der Waals surface area contributed by atoms with Crippen molar-refractivity contribution in [2.24, 2.45) is 4.99 Å². The third-order valence-corrected chi connectivity index (χ3v) is 3.84. The second kappa shape index (κ2) is 7.58. The first kappa shape index (κ1) is 18.6. The van der Waals surface area contributed by atoms with E-state index < -0.39 is 22.1 Å². The lowest BCUT2D eigenvalue weighted by atomic mass is 10.2. The number of rotatable bonds is 5. The zero-order valence-corrected chi connectivity index (χ0v) is 14.5. The van der Waals surface area contributed by atoms with Crippen molar-refractivity contribution in [3.8, 4) is 17.3 Å². The SMILES string of the molecule is COc1cc([N+](=O)[O-])ccc1N=Cc1c(O)n(-c2ccccc2)c(=O)[nH]c1=O. The highest BCUT2D eigenvalue weighted by molar-refractivity contribution is 5.85. The molecule has 2 N–H and O–H groups in total. The van der Waals surface area contributed by atoms with Crippen molar-refractivity contribution in [1.29, 1.82) is 0 Å². The van der Waals surface area contributed by atoms with Crippen molar-refractivity contribution >= 4 is 17.6 Å². The average Bonchev–Trinajstić information content (AvgIpc) is 2.68. The van der Waals surface area contributed by atoms with Crippen molar-refractivity contribution in [3.63, 3.8) is 0 Å². The topological polar surface area (TPSA) is 140 Å². The summed E-state index contributed by atoms with van der Waals surface area (Å²) in [5.41, 5.74) is -1.54. The van der Waals surface area contributed by atoms with E-state index in [0.717, 1.165) is 10.8 Å². The Morgan fingerprint density at radius 3 is 2.57 bits per heavy atom. The predicted molar refractivity (Wildman–Crippen MR) is 101 cm³/mol. The molecule has 0 saturated heterocycles. The molecule has 3 rings (SSSR count). The van der Waals surface area contributed by atoms with Crippen LogP contribution in [-0.4, -0.2) is 32.9 Å². The number of nitro groups is 1. The van der Waals surface area contributed by atoms with E-state index in [9.17, 15) is 24.8 Å². The number of non-ortho nitro benzene ring substituents is 1. The van der Waals surface area contributed by atoms with Gasteiger partial charge in [0.15, 0.2) is 5.75 Å². The second-order valence-corrected chi connectivity index (χ2v) is 5.54. The maximum Gasteiger partial charge on any atom is 0.335 e. The summed E-state index contributed by atoms with van der Waals surface area (Å²) < 4.78 is 6.00. The van der Waals surface area contributed by atoms with Gasteiger partial charge in [0.25, 0.3) is 11.2 Å². The van der Waals surface area contributed by atoms with Crippen LogP contribution >= 0.6 is 0 Å². The molecule has 0 aliphatic heterocycles. The summed E-state index contributed by atoms with van der Waals surface area (Å²) >= 11 is 0. The number of ether oxygens (including phenoxy) is 1. The van der Waals surface area contributed by atoms with Crippen LogP contribution in [0.25, 0.3) is 5.69 Å². The Kier molecular flexibility index (Phi) is 5.03. The highest BCUT2D eigenvalue weighted by Crippen LogP contribution is 2.31. The molecule has 0 atom stereocenters. The summed E-state index contributed by atoms with van der Waals surface area (Å²) in [6.07, 6.45) is 1.05. The van der Waals surface area contributed by atoms with Crippen LogP contribution in [0.15, 0.2) is 63.1 Å². The highest BCUT2D eigenvalue weighted by Gasteiger charge is 2.15. The van der Waals surface area contributed by atoms with Gasteiger partial charge in [-0.15, -0.1) is 0 Å². The first-order chi connectivity index (χ1) is 13.4. The van der Waals surface area contributed by atoms with Crippen molar-refractivity contribution in [2.75, 3.05) is 7.11 Å². The molecule has 0 unspecified atom stereocenters. The third kappa shape index (κ3) is 3.51. The quantitative estimate of drug-likeness (QED) is 0.392.